The lowest BCUT2D eigenvalue weighted by atomic mass is 9.91. The first-order chi connectivity index (χ1) is 8.91. The largest absolute Gasteiger partial charge is 0.311 e. The Kier molecular flexibility index (Phi) is 8.30. The summed E-state index contributed by atoms with van der Waals surface area (Å²) in [6.07, 6.45) is 0. The third-order valence-corrected chi connectivity index (χ3v) is 3.24. The Morgan fingerprint density at radius 2 is 1.50 bits per heavy atom. The fraction of sp³-hybridized carbons (Fsp3) is 1.00. The van der Waals surface area contributed by atoms with Crippen molar-refractivity contribution in [2.75, 3.05) is 46.8 Å². The zero-order valence-electron chi connectivity index (χ0n) is 15.5. The summed E-state index contributed by atoms with van der Waals surface area (Å²) in [5.41, 5.74) is 0.498. The molecule has 122 valence electrons. The van der Waals surface area contributed by atoms with E-state index in [-0.39, 0.29) is 5.54 Å². The molecule has 0 aliphatic heterocycles. The predicted octanol–water partition coefficient (Wildman–Crippen LogP) is 2.92. The van der Waals surface area contributed by atoms with Crippen molar-refractivity contribution in [2.45, 2.75) is 54.0 Å². The Balaban J connectivity index is 4.44. The maximum atomic E-state index is 3.65. The van der Waals surface area contributed by atoms with Gasteiger partial charge >= 0.3 is 0 Å². The van der Waals surface area contributed by atoms with Crippen LogP contribution in [0.2, 0.25) is 0 Å². The quantitative estimate of drug-likeness (QED) is 0.703. The van der Waals surface area contributed by atoms with Gasteiger partial charge in [-0.05, 0) is 46.2 Å². The zero-order chi connectivity index (χ0) is 16.0. The van der Waals surface area contributed by atoms with Gasteiger partial charge in [-0.1, -0.05) is 27.7 Å². The van der Waals surface area contributed by atoms with Crippen LogP contribution in [0.3, 0.4) is 0 Å². The minimum absolute atomic E-state index is 0.198. The van der Waals surface area contributed by atoms with Crippen LogP contribution in [0.15, 0.2) is 0 Å². The number of nitrogens with one attached hydrogen (secondary N) is 1. The second kappa shape index (κ2) is 8.35. The van der Waals surface area contributed by atoms with Crippen LogP contribution in [0.4, 0.5) is 0 Å². The summed E-state index contributed by atoms with van der Waals surface area (Å²) in [6, 6.07) is 0. The Labute approximate surface area is 128 Å². The van der Waals surface area contributed by atoms with Gasteiger partial charge in [-0.15, -0.1) is 0 Å². The smallest absolute Gasteiger partial charge is 0.0109 e. The molecule has 0 saturated heterocycles. The van der Waals surface area contributed by atoms with E-state index >= 15 is 0 Å². The molecule has 3 nitrogen and oxygen atoms in total. The first-order valence-electron chi connectivity index (χ1n) is 8.03. The summed E-state index contributed by atoms with van der Waals surface area (Å²) in [6.45, 7) is 21.8. The molecule has 0 aromatic heterocycles. The van der Waals surface area contributed by atoms with Crippen LogP contribution in [0.1, 0.15) is 48.5 Å². The van der Waals surface area contributed by atoms with Crippen LogP contribution >= 0.6 is 0 Å². The first kappa shape index (κ1) is 19.9. The van der Waals surface area contributed by atoms with Crippen LogP contribution in [-0.4, -0.2) is 62.2 Å². The number of rotatable bonds is 9. The molecule has 0 aromatic carbocycles. The summed E-state index contributed by atoms with van der Waals surface area (Å²) in [5, 5.41) is 3.65. The summed E-state index contributed by atoms with van der Waals surface area (Å²) in [7, 11) is 4.31. The average Bonchev–Trinajstić information content (AvgIpc) is 2.21. The first-order valence-corrected chi connectivity index (χ1v) is 8.03. The molecule has 0 amide bonds. The standard InChI is InChI=1S/C17H39N3/c1-15(2)12-20(11-10-19(8)9)14-17(6,7)13-18-16(3,4)5/h15,18H,10-14H2,1-9H3. The van der Waals surface area contributed by atoms with E-state index in [0.717, 1.165) is 32.1 Å². The van der Waals surface area contributed by atoms with Gasteiger partial charge in [0.2, 0.25) is 0 Å². The number of nitrogens with zero attached hydrogens (tertiary/aromatic N) is 2. The molecular weight excluding hydrogens is 246 g/mol. The number of likely N-dealkylation sites (N-methyl/N-ethyl adjacent to an activating group) is 1. The molecule has 1 N–H and O–H groups in total. The van der Waals surface area contributed by atoms with E-state index in [1.165, 1.54) is 6.54 Å². The molecule has 0 fully saturated rings. The van der Waals surface area contributed by atoms with E-state index in [4.69, 9.17) is 0 Å². The molecule has 0 radical (unpaired) electrons. The van der Waals surface area contributed by atoms with Gasteiger partial charge in [0.25, 0.3) is 0 Å². The van der Waals surface area contributed by atoms with E-state index in [2.05, 4.69) is 77.7 Å². The molecular formula is C17H39N3. The van der Waals surface area contributed by atoms with E-state index in [0.29, 0.717) is 5.41 Å². The van der Waals surface area contributed by atoms with Gasteiger partial charge in [0.05, 0.1) is 0 Å². The fourth-order valence-electron chi connectivity index (χ4n) is 2.26. The monoisotopic (exact) mass is 285 g/mol. The molecule has 0 atom stereocenters. The topological polar surface area (TPSA) is 18.5 Å². The SMILES string of the molecule is CC(C)CN(CCN(C)C)CC(C)(C)CNC(C)(C)C. The lowest BCUT2D eigenvalue weighted by Crippen LogP contribution is -2.47. The van der Waals surface area contributed by atoms with Crippen LogP contribution in [0.5, 0.6) is 0 Å². The molecule has 0 unspecified atom stereocenters. The predicted molar refractivity (Wildman–Crippen MR) is 91.4 cm³/mol. The van der Waals surface area contributed by atoms with E-state index in [1.807, 2.05) is 0 Å². The summed E-state index contributed by atoms with van der Waals surface area (Å²) < 4.78 is 0. The zero-order valence-corrected chi connectivity index (χ0v) is 15.5. The third kappa shape index (κ3) is 11.7. The molecule has 0 aromatic rings. The molecule has 20 heavy (non-hydrogen) atoms. The minimum Gasteiger partial charge on any atom is -0.311 e. The van der Waals surface area contributed by atoms with Crippen molar-refractivity contribution < 1.29 is 0 Å². The highest BCUT2D eigenvalue weighted by Gasteiger charge is 2.24. The average molecular weight is 286 g/mol. The van der Waals surface area contributed by atoms with Gasteiger partial charge in [-0.2, -0.15) is 0 Å². The van der Waals surface area contributed by atoms with Crippen LogP contribution in [-0.2, 0) is 0 Å². The van der Waals surface area contributed by atoms with Crippen molar-refractivity contribution in [3.8, 4) is 0 Å². The van der Waals surface area contributed by atoms with Gasteiger partial charge in [0.15, 0.2) is 0 Å². The number of hydrogen-bond acceptors (Lipinski definition) is 3. The van der Waals surface area contributed by atoms with Crippen LogP contribution < -0.4 is 5.32 Å². The fourth-order valence-corrected chi connectivity index (χ4v) is 2.26. The summed E-state index contributed by atoms with van der Waals surface area (Å²) in [5.74, 6) is 0.725. The highest BCUT2D eigenvalue weighted by Crippen LogP contribution is 2.18. The van der Waals surface area contributed by atoms with Crippen molar-refractivity contribution in [3.05, 3.63) is 0 Å². The normalized spacial score (nSPS) is 13.8. The van der Waals surface area contributed by atoms with Gasteiger partial charge in [-0.3, -0.25) is 0 Å². The molecule has 0 rings (SSSR count). The molecule has 0 aliphatic carbocycles. The van der Waals surface area contributed by atoms with Crippen molar-refractivity contribution in [3.63, 3.8) is 0 Å². The molecule has 0 bridgehead atoms. The maximum absolute atomic E-state index is 3.65. The molecule has 0 spiro atoms. The Bertz CT molecular complexity index is 251. The van der Waals surface area contributed by atoms with Crippen LogP contribution in [0.25, 0.3) is 0 Å². The summed E-state index contributed by atoms with van der Waals surface area (Å²) in [4.78, 5) is 4.89. The lowest BCUT2D eigenvalue weighted by Gasteiger charge is -2.36. The third-order valence-electron chi connectivity index (χ3n) is 3.24. The highest BCUT2D eigenvalue weighted by molar-refractivity contribution is 4.81. The van der Waals surface area contributed by atoms with Gasteiger partial charge in [-0.25, -0.2) is 0 Å². The second-order valence-electron chi connectivity index (χ2n) is 8.70. The minimum atomic E-state index is 0.198. The van der Waals surface area contributed by atoms with Gasteiger partial charge in [0, 0.05) is 38.3 Å². The van der Waals surface area contributed by atoms with Crippen molar-refractivity contribution in [1.82, 2.24) is 15.1 Å². The molecule has 0 saturated carbocycles. The Morgan fingerprint density at radius 3 is 1.90 bits per heavy atom. The molecule has 0 heterocycles. The number of hydrogen-bond donors (Lipinski definition) is 1. The van der Waals surface area contributed by atoms with Crippen molar-refractivity contribution in [2.24, 2.45) is 11.3 Å². The van der Waals surface area contributed by atoms with Gasteiger partial charge < -0.3 is 15.1 Å². The van der Waals surface area contributed by atoms with E-state index in [1.54, 1.807) is 0 Å². The lowest BCUT2D eigenvalue weighted by molar-refractivity contribution is 0.142. The summed E-state index contributed by atoms with van der Waals surface area (Å²) >= 11 is 0. The van der Waals surface area contributed by atoms with E-state index in [9.17, 15) is 0 Å². The molecule has 0 aliphatic rings. The second-order valence-corrected chi connectivity index (χ2v) is 8.70. The highest BCUT2D eigenvalue weighted by atomic mass is 15.2. The maximum Gasteiger partial charge on any atom is 0.0109 e. The van der Waals surface area contributed by atoms with Gasteiger partial charge in [0.1, 0.15) is 0 Å². The molecule has 3 heteroatoms. The van der Waals surface area contributed by atoms with Crippen molar-refractivity contribution >= 4 is 0 Å². The Hall–Kier alpha value is -0.120. The Morgan fingerprint density at radius 1 is 0.950 bits per heavy atom. The van der Waals surface area contributed by atoms with E-state index < -0.39 is 0 Å². The van der Waals surface area contributed by atoms with Crippen LogP contribution in [0, 0.1) is 11.3 Å². The van der Waals surface area contributed by atoms with Crippen molar-refractivity contribution in [1.29, 1.82) is 0 Å².